The summed E-state index contributed by atoms with van der Waals surface area (Å²) in [6, 6.07) is 2.09. The van der Waals surface area contributed by atoms with Gasteiger partial charge in [0.15, 0.2) is 0 Å². The minimum absolute atomic E-state index is 0.114. The van der Waals surface area contributed by atoms with Crippen LogP contribution >= 0.6 is 0 Å². The molecule has 0 amide bonds. The maximum Gasteiger partial charge on any atom is 0.226 e. The molecular weight excluding hydrogens is 240 g/mol. The topological polar surface area (TPSA) is 61.3 Å². The van der Waals surface area contributed by atoms with Gasteiger partial charge in [0.2, 0.25) is 5.95 Å². The first-order valence-electron chi connectivity index (χ1n) is 7.10. The fourth-order valence-electron chi connectivity index (χ4n) is 2.41. The molecule has 106 valence electrons. The quantitative estimate of drug-likeness (QED) is 0.868. The lowest BCUT2D eigenvalue weighted by molar-refractivity contribution is 0.116. The van der Waals surface area contributed by atoms with Crippen LogP contribution in [0.2, 0.25) is 0 Å². The predicted molar refractivity (Wildman–Crippen MR) is 77.6 cm³/mol. The molecule has 5 nitrogen and oxygen atoms in total. The third-order valence-electron chi connectivity index (χ3n) is 3.59. The molecule has 5 heteroatoms. The number of nitrogens with one attached hydrogen (secondary N) is 1. The van der Waals surface area contributed by atoms with E-state index in [1.54, 1.807) is 0 Å². The van der Waals surface area contributed by atoms with Crippen molar-refractivity contribution in [1.29, 1.82) is 0 Å². The molecule has 1 aliphatic rings. The Labute approximate surface area is 115 Å². The second-order valence-electron chi connectivity index (χ2n) is 5.40. The van der Waals surface area contributed by atoms with E-state index >= 15 is 0 Å². The van der Waals surface area contributed by atoms with Gasteiger partial charge in [-0.05, 0) is 19.3 Å². The van der Waals surface area contributed by atoms with Crippen LogP contribution in [-0.4, -0.2) is 41.3 Å². The molecule has 1 aromatic rings. The van der Waals surface area contributed by atoms with Crippen molar-refractivity contribution in [3.63, 3.8) is 0 Å². The molecule has 2 rings (SSSR count). The summed E-state index contributed by atoms with van der Waals surface area (Å²) in [5.74, 6) is 1.54. The van der Waals surface area contributed by atoms with Crippen molar-refractivity contribution in [1.82, 2.24) is 9.97 Å². The number of aromatic nitrogens is 2. The van der Waals surface area contributed by atoms with E-state index in [0.29, 0.717) is 5.95 Å². The Morgan fingerprint density at radius 3 is 2.68 bits per heavy atom. The van der Waals surface area contributed by atoms with Crippen molar-refractivity contribution in [3.05, 3.63) is 11.8 Å². The summed E-state index contributed by atoms with van der Waals surface area (Å²) in [6.45, 7) is 2.08. The number of nitrogens with zero attached hydrogens (tertiary/aromatic N) is 3. The van der Waals surface area contributed by atoms with E-state index in [4.69, 9.17) is 0 Å². The van der Waals surface area contributed by atoms with Gasteiger partial charge in [-0.1, -0.05) is 19.8 Å². The van der Waals surface area contributed by atoms with E-state index in [0.717, 1.165) is 37.2 Å². The Morgan fingerprint density at radius 2 is 2.05 bits per heavy atom. The molecule has 1 aromatic heterocycles. The Kier molecular flexibility index (Phi) is 4.58. The summed E-state index contributed by atoms with van der Waals surface area (Å²) in [6.07, 6.45) is 4.78. The van der Waals surface area contributed by atoms with Crippen molar-refractivity contribution in [3.8, 4) is 0 Å². The van der Waals surface area contributed by atoms with Gasteiger partial charge in [0.05, 0.1) is 12.1 Å². The lowest BCUT2D eigenvalue weighted by Crippen LogP contribution is -2.36. The third-order valence-corrected chi connectivity index (χ3v) is 3.59. The predicted octanol–water partition coefficient (Wildman–Crippen LogP) is 1.82. The molecule has 1 fully saturated rings. The van der Waals surface area contributed by atoms with E-state index in [-0.39, 0.29) is 12.1 Å². The second kappa shape index (κ2) is 6.19. The van der Waals surface area contributed by atoms with E-state index < -0.39 is 0 Å². The van der Waals surface area contributed by atoms with Crippen LogP contribution in [0.1, 0.15) is 38.3 Å². The number of aliphatic hydroxyl groups excluding tert-OH is 1. The molecule has 0 aliphatic heterocycles. The number of rotatable bonds is 4. The molecule has 0 unspecified atom stereocenters. The molecule has 0 radical (unpaired) electrons. The van der Waals surface area contributed by atoms with Crippen molar-refractivity contribution >= 4 is 11.8 Å². The van der Waals surface area contributed by atoms with E-state index in [2.05, 4.69) is 22.2 Å². The number of anilines is 2. The van der Waals surface area contributed by atoms with E-state index in [1.165, 1.54) is 6.42 Å². The average molecular weight is 264 g/mol. The monoisotopic (exact) mass is 264 g/mol. The van der Waals surface area contributed by atoms with Crippen LogP contribution in [0, 0.1) is 0 Å². The highest BCUT2D eigenvalue weighted by atomic mass is 16.3. The zero-order valence-electron chi connectivity index (χ0n) is 12.1. The SMILES string of the molecule is CCc1cc(N[C@H]2CCCC[C@@H]2O)nc(N(C)C)n1. The Morgan fingerprint density at radius 1 is 1.32 bits per heavy atom. The molecule has 0 saturated heterocycles. The maximum absolute atomic E-state index is 10.0. The van der Waals surface area contributed by atoms with Crippen molar-refractivity contribution in [2.45, 2.75) is 51.2 Å². The molecule has 19 heavy (non-hydrogen) atoms. The van der Waals surface area contributed by atoms with Gasteiger partial charge in [0, 0.05) is 25.9 Å². The number of aryl methyl sites for hydroxylation is 1. The summed E-state index contributed by atoms with van der Waals surface area (Å²) in [5.41, 5.74) is 1.02. The first-order chi connectivity index (χ1) is 9.10. The third kappa shape index (κ3) is 3.56. The Hall–Kier alpha value is -1.36. The lowest BCUT2D eigenvalue weighted by Gasteiger charge is -2.29. The summed E-state index contributed by atoms with van der Waals surface area (Å²) in [4.78, 5) is 10.9. The molecular formula is C14H24N4O. The summed E-state index contributed by atoms with van der Waals surface area (Å²) >= 11 is 0. The highest BCUT2D eigenvalue weighted by Gasteiger charge is 2.23. The molecule has 2 atom stereocenters. The van der Waals surface area contributed by atoms with Gasteiger partial charge in [-0.25, -0.2) is 4.98 Å². The fraction of sp³-hybridized carbons (Fsp3) is 0.714. The Balaban J connectivity index is 2.16. The zero-order valence-corrected chi connectivity index (χ0v) is 12.1. The largest absolute Gasteiger partial charge is 0.391 e. The first kappa shape index (κ1) is 14.1. The highest BCUT2D eigenvalue weighted by Crippen LogP contribution is 2.22. The van der Waals surface area contributed by atoms with Crippen LogP contribution in [0.4, 0.5) is 11.8 Å². The van der Waals surface area contributed by atoms with Crippen molar-refractivity contribution < 1.29 is 5.11 Å². The minimum Gasteiger partial charge on any atom is -0.391 e. The van der Waals surface area contributed by atoms with Gasteiger partial charge >= 0.3 is 0 Å². The van der Waals surface area contributed by atoms with Gasteiger partial charge in [-0.3, -0.25) is 0 Å². The molecule has 0 spiro atoms. The molecule has 1 aliphatic carbocycles. The van der Waals surface area contributed by atoms with Crippen LogP contribution in [0.15, 0.2) is 6.07 Å². The lowest BCUT2D eigenvalue weighted by atomic mass is 9.92. The van der Waals surface area contributed by atoms with Crippen molar-refractivity contribution in [2.24, 2.45) is 0 Å². The van der Waals surface area contributed by atoms with E-state index in [1.807, 2.05) is 25.1 Å². The van der Waals surface area contributed by atoms with Gasteiger partial charge in [-0.15, -0.1) is 0 Å². The van der Waals surface area contributed by atoms with Crippen LogP contribution in [0.5, 0.6) is 0 Å². The van der Waals surface area contributed by atoms with E-state index in [9.17, 15) is 5.11 Å². The smallest absolute Gasteiger partial charge is 0.226 e. The van der Waals surface area contributed by atoms with Gasteiger partial charge < -0.3 is 15.3 Å². The maximum atomic E-state index is 10.0. The van der Waals surface area contributed by atoms with Crippen LogP contribution in [-0.2, 0) is 6.42 Å². The number of hydrogen-bond donors (Lipinski definition) is 2. The zero-order chi connectivity index (χ0) is 13.8. The van der Waals surface area contributed by atoms with Crippen LogP contribution in [0.3, 0.4) is 0 Å². The summed E-state index contributed by atoms with van der Waals surface area (Å²) < 4.78 is 0. The molecule has 2 N–H and O–H groups in total. The van der Waals surface area contributed by atoms with Gasteiger partial charge in [-0.2, -0.15) is 4.98 Å². The average Bonchev–Trinajstić information content (AvgIpc) is 2.41. The Bertz CT molecular complexity index is 422. The molecule has 1 heterocycles. The van der Waals surface area contributed by atoms with Crippen molar-refractivity contribution in [2.75, 3.05) is 24.3 Å². The van der Waals surface area contributed by atoms with Crippen LogP contribution < -0.4 is 10.2 Å². The summed E-state index contributed by atoms with van der Waals surface area (Å²) in [7, 11) is 3.88. The standard InChI is InChI=1S/C14H24N4O/c1-4-10-9-13(17-14(15-10)18(2)3)16-11-7-5-6-8-12(11)19/h9,11-12,19H,4-8H2,1-3H3,(H,15,16,17)/t11-,12-/m0/s1. The fourth-order valence-corrected chi connectivity index (χ4v) is 2.41. The van der Waals surface area contributed by atoms with Gasteiger partial charge in [0.25, 0.3) is 0 Å². The molecule has 0 aromatic carbocycles. The summed E-state index contributed by atoms with van der Waals surface area (Å²) in [5, 5.41) is 13.4. The molecule has 0 bridgehead atoms. The normalized spacial score (nSPS) is 23.2. The number of aliphatic hydroxyl groups is 1. The van der Waals surface area contributed by atoms with Crippen LogP contribution in [0.25, 0.3) is 0 Å². The first-order valence-corrected chi connectivity index (χ1v) is 7.10. The minimum atomic E-state index is -0.267. The number of hydrogen-bond acceptors (Lipinski definition) is 5. The van der Waals surface area contributed by atoms with Gasteiger partial charge in [0.1, 0.15) is 5.82 Å². The highest BCUT2D eigenvalue weighted by molar-refractivity contribution is 5.44. The molecule has 1 saturated carbocycles. The second-order valence-corrected chi connectivity index (χ2v) is 5.40.